The molecule has 0 aromatic rings. The zero-order valence-corrected chi connectivity index (χ0v) is 9.61. The predicted octanol–water partition coefficient (Wildman–Crippen LogP) is 0.783. The molecule has 0 N–H and O–H groups in total. The van der Waals surface area contributed by atoms with E-state index in [0.717, 1.165) is 0 Å². The zero-order valence-electron chi connectivity index (χ0n) is 8.03. The summed E-state index contributed by atoms with van der Waals surface area (Å²) >= 11 is 3.37. The fourth-order valence-corrected chi connectivity index (χ4v) is 2.30. The Bertz CT molecular complexity index is 155. The van der Waals surface area contributed by atoms with E-state index in [-0.39, 0.29) is 23.3 Å². The Hall–Kier alpha value is 0.320. The van der Waals surface area contributed by atoms with Crippen molar-refractivity contribution in [2.75, 3.05) is 27.9 Å². The van der Waals surface area contributed by atoms with Crippen LogP contribution in [0.3, 0.4) is 0 Å². The predicted molar refractivity (Wildman–Crippen MR) is 51.1 cm³/mol. The summed E-state index contributed by atoms with van der Waals surface area (Å²) in [5, 5.41) is -0.123. The summed E-state index contributed by atoms with van der Waals surface area (Å²) in [6, 6.07) is 0. The van der Waals surface area contributed by atoms with E-state index in [4.69, 9.17) is 18.9 Å². The number of methoxy groups -OCH3 is 3. The molecule has 4 atom stereocenters. The summed E-state index contributed by atoms with van der Waals surface area (Å²) < 4.78 is 21.1. The fraction of sp³-hybridized carbons (Fsp3) is 1.00. The van der Waals surface area contributed by atoms with E-state index < -0.39 is 0 Å². The number of alkyl halides is 1. The maximum atomic E-state index is 5.55. The molecule has 0 bridgehead atoms. The summed E-state index contributed by atoms with van der Waals surface area (Å²) in [5.74, 6) is 0. The fourth-order valence-electron chi connectivity index (χ4n) is 1.51. The molecule has 1 saturated heterocycles. The van der Waals surface area contributed by atoms with Gasteiger partial charge >= 0.3 is 0 Å². The van der Waals surface area contributed by atoms with Crippen LogP contribution in [0.15, 0.2) is 0 Å². The second kappa shape index (κ2) is 5.26. The van der Waals surface area contributed by atoms with Gasteiger partial charge in [0.2, 0.25) is 0 Å². The Kier molecular flexibility index (Phi) is 4.61. The number of hydrogen-bond donors (Lipinski definition) is 0. The highest BCUT2D eigenvalue weighted by Gasteiger charge is 2.43. The number of halogens is 1. The Morgan fingerprint density at radius 1 is 1.15 bits per heavy atom. The lowest BCUT2D eigenvalue weighted by atomic mass is 10.1. The van der Waals surface area contributed by atoms with Crippen molar-refractivity contribution < 1.29 is 18.9 Å². The number of rotatable bonds is 4. The lowest BCUT2D eigenvalue weighted by molar-refractivity contribution is -0.0462. The molecular weight excluding hydrogens is 240 g/mol. The summed E-state index contributed by atoms with van der Waals surface area (Å²) in [6.45, 7) is 0.514. The highest BCUT2D eigenvalue weighted by atomic mass is 79.9. The van der Waals surface area contributed by atoms with E-state index in [1.54, 1.807) is 21.3 Å². The van der Waals surface area contributed by atoms with Crippen LogP contribution in [-0.2, 0) is 18.9 Å². The van der Waals surface area contributed by atoms with E-state index >= 15 is 0 Å². The first kappa shape index (κ1) is 11.4. The lowest BCUT2D eigenvalue weighted by Gasteiger charge is -2.19. The Balaban J connectivity index is 2.57. The molecule has 1 unspecified atom stereocenters. The standard InChI is InChI=1S/C8H15BrO4/c1-10-4-5-6(11-2)7(12-3)8(9)13-5/h5-8H,4H2,1-3H3/t5-,6+,7?,8-/m1/s1. The third-order valence-corrected chi connectivity index (χ3v) is 2.87. The molecule has 78 valence electrons. The van der Waals surface area contributed by atoms with E-state index in [9.17, 15) is 0 Å². The molecule has 1 aliphatic heterocycles. The van der Waals surface area contributed by atoms with Gasteiger partial charge in [0.1, 0.15) is 23.3 Å². The Morgan fingerprint density at radius 3 is 2.23 bits per heavy atom. The van der Waals surface area contributed by atoms with Crippen molar-refractivity contribution in [3.8, 4) is 0 Å². The first-order valence-electron chi connectivity index (χ1n) is 4.08. The van der Waals surface area contributed by atoms with Gasteiger partial charge in [-0.15, -0.1) is 0 Å². The van der Waals surface area contributed by atoms with Crippen molar-refractivity contribution in [1.29, 1.82) is 0 Å². The largest absolute Gasteiger partial charge is 0.382 e. The summed E-state index contributed by atoms with van der Waals surface area (Å²) in [5.41, 5.74) is 0. The third-order valence-electron chi connectivity index (χ3n) is 2.13. The first-order valence-corrected chi connectivity index (χ1v) is 5.00. The van der Waals surface area contributed by atoms with Crippen molar-refractivity contribution in [1.82, 2.24) is 0 Å². The molecule has 1 heterocycles. The van der Waals surface area contributed by atoms with Crippen molar-refractivity contribution in [2.24, 2.45) is 0 Å². The molecule has 13 heavy (non-hydrogen) atoms. The maximum absolute atomic E-state index is 5.55. The number of ether oxygens (including phenoxy) is 4. The smallest absolute Gasteiger partial charge is 0.141 e. The van der Waals surface area contributed by atoms with Gasteiger partial charge in [-0.25, -0.2) is 0 Å². The molecule has 1 aliphatic rings. The van der Waals surface area contributed by atoms with Gasteiger partial charge in [-0.05, 0) is 0 Å². The SMILES string of the molecule is COC[C@H]1O[C@@H](Br)C(OC)[C@H]1OC. The minimum atomic E-state index is -0.123. The van der Waals surface area contributed by atoms with Crippen LogP contribution in [0.4, 0.5) is 0 Å². The molecule has 0 saturated carbocycles. The molecule has 1 rings (SSSR count). The summed E-state index contributed by atoms with van der Waals surface area (Å²) in [4.78, 5) is 0. The molecule has 0 spiro atoms. The minimum Gasteiger partial charge on any atom is -0.382 e. The molecule has 5 heteroatoms. The van der Waals surface area contributed by atoms with Crippen molar-refractivity contribution in [3.63, 3.8) is 0 Å². The van der Waals surface area contributed by atoms with Crippen LogP contribution in [0.2, 0.25) is 0 Å². The number of hydrogen-bond acceptors (Lipinski definition) is 4. The van der Waals surface area contributed by atoms with Gasteiger partial charge in [-0.1, -0.05) is 15.9 Å². The molecule has 0 radical (unpaired) electrons. The second-order valence-electron chi connectivity index (χ2n) is 2.88. The van der Waals surface area contributed by atoms with Gasteiger partial charge < -0.3 is 18.9 Å². The normalized spacial score (nSPS) is 39.7. The van der Waals surface area contributed by atoms with Gasteiger partial charge in [0.15, 0.2) is 0 Å². The van der Waals surface area contributed by atoms with Gasteiger partial charge in [-0.3, -0.25) is 0 Å². The van der Waals surface area contributed by atoms with Crippen LogP contribution in [0, 0.1) is 0 Å². The van der Waals surface area contributed by atoms with Crippen LogP contribution in [-0.4, -0.2) is 51.3 Å². The molecule has 0 aliphatic carbocycles. The average Bonchev–Trinajstić information content (AvgIpc) is 2.41. The van der Waals surface area contributed by atoms with Crippen LogP contribution in [0.25, 0.3) is 0 Å². The third kappa shape index (κ3) is 2.41. The maximum Gasteiger partial charge on any atom is 0.141 e. The molecular formula is C8H15BrO4. The highest BCUT2D eigenvalue weighted by Crippen LogP contribution is 2.29. The van der Waals surface area contributed by atoms with Crippen molar-refractivity contribution in [2.45, 2.75) is 23.3 Å². The van der Waals surface area contributed by atoms with Crippen molar-refractivity contribution >= 4 is 15.9 Å². The Labute approximate surface area is 86.6 Å². The lowest BCUT2D eigenvalue weighted by Crippen LogP contribution is -2.36. The van der Waals surface area contributed by atoms with Crippen LogP contribution < -0.4 is 0 Å². The van der Waals surface area contributed by atoms with Gasteiger partial charge in [0.05, 0.1) is 6.61 Å². The van der Waals surface area contributed by atoms with Crippen molar-refractivity contribution in [3.05, 3.63) is 0 Å². The topological polar surface area (TPSA) is 36.9 Å². The van der Waals surface area contributed by atoms with Crippen LogP contribution in [0.5, 0.6) is 0 Å². The quantitative estimate of drug-likeness (QED) is 0.696. The zero-order chi connectivity index (χ0) is 9.84. The van der Waals surface area contributed by atoms with Crippen LogP contribution in [0.1, 0.15) is 0 Å². The minimum absolute atomic E-state index is 0.0654. The molecule has 0 amide bonds. The van der Waals surface area contributed by atoms with E-state index in [1.807, 2.05) is 0 Å². The molecule has 0 aromatic heterocycles. The molecule has 1 fully saturated rings. The van der Waals surface area contributed by atoms with E-state index in [2.05, 4.69) is 15.9 Å². The monoisotopic (exact) mass is 254 g/mol. The van der Waals surface area contributed by atoms with Gasteiger partial charge in [0.25, 0.3) is 0 Å². The van der Waals surface area contributed by atoms with E-state index in [0.29, 0.717) is 6.61 Å². The molecule has 4 nitrogen and oxygen atoms in total. The summed E-state index contributed by atoms with van der Waals surface area (Å²) in [7, 11) is 4.93. The molecule has 0 aromatic carbocycles. The second-order valence-corrected chi connectivity index (χ2v) is 3.78. The van der Waals surface area contributed by atoms with E-state index in [1.165, 1.54) is 0 Å². The van der Waals surface area contributed by atoms with Gasteiger partial charge in [0, 0.05) is 21.3 Å². The van der Waals surface area contributed by atoms with Gasteiger partial charge in [-0.2, -0.15) is 0 Å². The first-order chi connectivity index (χ1) is 6.24. The Morgan fingerprint density at radius 2 is 1.77 bits per heavy atom. The summed E-state index contributed by atoms with van der Waals surface area (Å²) in [6.07, 6.45) is -0.219. The van der Waals surface area contributed by atoms with Crippen LogP contribution >= 0.6 is 15.9 Å². The highest BCUT2D eigenvalue weighted by molar-refractivity contribution is 9.09. The average molecular weight is 255 g/mol.